The largest absolute Gasteiger partial charge is 0.490 e. The number of benzene rings is 2. The van der Waals surface area contributed by atoms with E-state index in [0.717, 1.165) is 5.56 Å². The molecule has 0 radical (unpaired) electrons. The fourth-order valence-corrected chi connectivity index (χ4v) is 4.40. The van der Waals surface area contributed by atoms with Gasteiger partial charge in [0.05, 0.1) is 34.7 Å². The van der Waals surface area contributed by atoms with Gasteiger partial charge in [-0.15, -0.1) is 0 Å². The van der Waals surface area contributed by atoms with Gasteiger partial charge in [-0.3, -0.25) is 14.9 Å². The van der Waals surface area contributed by atoms with Gasteiger partial charge in [0.25, 0.3) is 5.69 Å². The van der Waals surface area contributed by atoms with E-state index in [9.17, 15) is 24.5 Å². The Labute approximate surface area is 238 Å². The predicted molar refractivity (Wildman–Crippen MR) is 149 cm³/mol. The van der Waals surface area contributed by atoms with Gasteiger partial charge in [-0.1, -0.05) is 24.3 Å². The molecule has 1 unspecified atom stereocenters. The number of carbonyl (C=O) groups is 3. The molecular weight excluding hydrogens is 532 g/mol. The third-order valence-electron chi connectivity index (χ3n) is 6.16. The van der Waals surface area contributed by atoms with Gasteiger partial charge in [0.1, 0.15) is 19.0 Å². The van der Waals surface area contributed by atoms with Crippen LogP contribution in [-0.4, -0.2) is 48.8 Å². The Balaban J connectivity index is 1.74. The van der Waals surface area contributed by atoms with E-state index in [2.05, 4.69) is 5.32 Å². The number of dihydropyridines is 1. The first kappa shape index (κ1) is 30.9. The molecule has 1 aliphatic rings. The molecule has 0 saturated carbocycles. The van der Waals surface area contributed by atoms with Gasteiger partial charge in [0, 0.05) is 36.9 Å². The number of nitro benzene ring substituents is 1. The number of esters is 3. The van der Waals surface area contributed by atoms with Crippen LogP contribution in [0.25, 0.3) is 0 Å². The highest BCUT2D eigenvalue weighted by Gasteiger charge is 2.38. The zero-order valence-corrected chi connectivity index (χ0v) is 23.7. The number of allylic oxidation sites excluding steroid dienone is 2. The number of carbonyl (C=O) groups excluding carboxylic acids is 3. The summed E-state index contributed by atoms with van der Waals surface area (Å²) in [6.07, 6.45) is 0.155. The lowest BCUT2D eigenvalue weighted by Crippen LogP contribution is -2.33. The number of hydrogen-bond acceptors (Lipinski definition) is 10. The van der Waals surface area contributed by atoms with E-state index < -0.39 is 28.9 Å². The maximum Gasteiger partial charge on any atom is 0.337 e. The van der Waals surface area contributed by atoms with Gasteiger partial charge in [-0.05, 0) is 51.0 Å². The van der Waals surface area contributed by atoms with Crippen molar-refractivity contribution in [3.63, 3.8) is 0 Å². The zero-order valence-electron chi connectivity index (χ0n) is 23.7. The molecule has 0 amide bonds. The topological polar surface area (TPSA) is 143 Å². The van der Waals surface area contributed by atoms with Crippen LogP contribution in [0.4, 0.5) is 5.69 Å². The number of hydrogen-bond donors (Lipinski definition) is 1. The Morgan fingerprint density at radius 3 is 2.20 bits per heavy atom. The van der Waals surface area contributed by atoms with E-state index in [1.54, 1.807) is 45.9 Å². The highest BCUT2D eigenvalue weighted by atomic mass is 16.6. The number of ether oxygens (including phenoxy) is 4. The molecule has 1 N–H and O–H groups in total. The van der Waals surface area contributed by atoms with E-state index in [1.807, 2.05) is 12.1 Å². The number of nitro groups is 1. The van der Waals surface area contributed by atoms with Crippen molar-refractivity contribution in [3.8, 4) is 5.75 Å². The minimum absolute atomic E-state index is 0.0664. The number of rotatable bonds is 12. The second-order valence-corrected chi connectivity index (χ2v) is 9.66. The lowest BCUT2D eigenvalue weighted by Gasteiger charge is -2.30. The molecule has 0 aliphatic carbocycles. The molecule has 41 heavy (non-hydrogen) atoms. The van der Waals surface area contributed by atoms with Crippen LogP contribution in [0.2, 0.25) is 0 Å². The van der Waals surface area contributed by atoms with Crippen molar-refractivity contribution in [2.24, 2.45) is 0 Å². The fraction of sp³-hybridized carbons (Fsp3) is 0.367. The number of nitrogens with one attached hydrogen (secondary N) is 1. The third kappa shape index (κ3) is 8.41. The molecule has 2 aromatic carbocycles. The molecule has 0 saturated heterocycles. The maximum atomic E-state index is 13.4. The van der Waals surface area contributed by atoms with E-state index in [0.29, 0.717) is 35.7 Å². The lowest BCUT2D eigenvalue weighted by molar-refractivity contribution is -0.384. The molecule has 3 rings (SSSR count). The Hall–Kier alpha value is -4.67. The van der Waals surface area contributed by atoms with Gasteiger partial charge >= 0.3 is 17.9 Å². The van der Waals surface area contributed by atoms with Crippen molar-refractivity contribution < 1.29 is 38.3 Å². The third-order valence-corrected chi connectivity index (χ3v) is 6.16. The summed E-state index contributed by atoms with van der Waals surface area (Å²) < 4.78 is 21.6. The number of nitrogens with zero attached hydrogens (tertiary/aromatic N) is 1. The molecule has 11 nitrogen and oxygen atoms in total. The Morgan fingerprint density at radius 2 is 1.59 bits per heavy atom. The van der Waals surface area contributed by atoms with Crippen LogP contribution in [0.5, 0.6) is 5.75 Å². The summed E-state index contributed by atoms with van der Waals surface area (Å²) in [5.41, 5.74) is 2.42. The van der Waals surface area contributed by atoms with Crippen molar-refractivity contribution >= 4 is 23.6 Å². The first-order valence-corrected chi connectivity index (χ1v) is 13.1. The highest BCUT2D eigenvalue weighted by molar-refractivity contribution is 6.00. The first-order valence-electron chi connectivity index (χ1n) is 13.1. The van der Waals surface area contributed by atoms with Gasteiger partial charge in [-0.25, -0.2) is 9.59 Å². The van der Waals surface area contributed by atoms with Gasteiger partial charge in [-0.2, -0.15) is 0 Å². The summed E-state index contributed by atoms with van der Waals surface area (Å²) >= 11 is 0. The van der Waals surface area contributed by atoms with Crippen LogP contribution in [0.3, 0.4) is 0 Å². The molecule has 1 atom stereocenters. The summed E-state index contributed by atoms with van der Waals surface area (Å²) in [5.74, 6) is -2.05. The predicted octanol–water partition coefficient (Wildman–Crippen LogP) is 4.51. The number of non-ortho nitro benzene ring substituents is 1. The molecule has 0 spiro atoms. The average molecular weight is 567 g/mol. The minimum atomic E-state index is -0.949. The molecule has 0 fully saturated rings. The zero-order chi connectivity index (χ0) is 30.1. The van der Waals surface area contributed by atoms with Crippen LogP contribution < -0.4 is 10.1 Å². The average Bonchev–Trinajstić information content (AvgIpc) is 2.90. The highest BCUT2D eigenvalue weighted by Crippen LogP contribution is 2.40. The summed E-state index contributed by atoms with van der Waals surface area (Å²) in [6.45, 7) is 8.41. The summed E-state index contributed by atoms with van der Waals surface area (Å²) in [7, 11) is 0. The van der Waals surface area contributed by atoms with E-state index in [-0.39, 0.29) is 36.0 Å². The summed E-state index contributed by atoms with van der Waals surface area (Å²) in [4.78, 5) is 48.4. The van der Waals surface area contributed by atoms with Crippen LogP contribution >= 0.6 is 0 Å². The summed E-state index contributed by atoms with van der Waals surface area (Å²) in [6, 6.07) is 13.0. The Kier molecular flexibility index (Phi) is 10.6. The maximum absolute atomic E-state index is 13.4. The van der Waals surface area contributed by atoms with Crippen LogP contribution in [0.1, 0.15) is 51.7 Å². The molecule has 0 aromatic heterocycles. The van der Waals surface area contributed by atoms with Crippen molar-refractivity contribution in [2.45, 2.75) is 53.1 Å². The fourth-order valence-electron chi connectivity index (χ4n) is 4.40. The molecule has 218 valence electrons. The van der Waals surface area contributed by atoms with E-state index in [4.69, 9.17) is 18.9 Å². The standard InChI is InChI=1S/C30H34N2O9/c1-18(2)41-30(35)27-20(4)31-19(3)26(28(27)23-7-6-8-24(17-23)32(36)37)29(34)40-16-15-39-25-11-9-22(10-12-25)13-14-38-21(5)33/h6-12,17-18,28,31H,13-16H2,1-5H3. The normalized spacial score (nSPS) is 14.8. The second-order valence-electron chi connectivity index (χ2n) is 9.66. The SMILES string of the molecule is CC(=O)OCCc1ccc(OCCOC(=O)C2=C(C)NC(C)=C(C(=O)OC(C)C)C2c2cccc([N+](=O)[O-])c2)cc1. The van der Waals surface area contributed by atoms with Crippen LogP contribution in [0, 0.1) is 10.1 Å². The molecule has 1 heterocycles. The van der Waals surface area contributed by atoms with E-state index in [1.165, 1.54) is 25.1 Å². The second kappa shape index (κ2) is 14.1. The monoisotopic (exact) mass is 566 g/mol. The lowest BCUT2D eigenvalue weighted by atomic mass is 9.80. The van der Waals surface area contributed by atoms with Crippen molar-refractivity contribution in [1.82, 2.24) is 5.32 Å². The van der Waals surface area contributed by atoms with Gasteiger partial charge in [0.15, 0.2) is 0 Å². The smallest absolute Gasteiger partial charge is 0.337 e. The minimum Gasteiger partial charge on any atom is -0.490 e. The van der Waals surface area contributed by atoms with Gasteiger partial charge in [0.2, 0.25) is 0 Å². The Morgan fingerprint density at radius 1 is 0.927 bits per heavy atom. The molecule has 2 aromatic rings. The van der Waals surface area contributed by atoms with Crippen molar-refractivity contribution in [1.29, 1.82) is 0 Å². The molecule has 0 bridgehead atoms. The van der Waals surface area contributed by atoms with Crippen LogP contribution in [0.15, 0.2) is 71.1 Å². The molecule has 11 heteroatoms. The van der Waals surface area contributed by atoms with Crippen LogP contribution in [-0.2, 0) is 35.0 Å². The molecular formula is C30H34N2O9. The summed E-state index contributed by atoms with van der Waals surface area (Å²) in [5, 5.41) is 14.5. The molecule has 1 aliphatic heterocycles. The Bertz CT molecular complexity index is 1360. The van der Waals surface area contributed by atoms with Crippen molar-refractivity contribution in [3.05, 3.63) is 92.3 Å². The quantitative estimate of drug-likeness (QED) is 0.128. The van der Waals surface area contributed by atoms with Crippen molar-refractivity contribution in [2.75, 3.05) is 19.8 Å². The van der Waals surface area contributed by atoms with Gasteiger partial charge < -0.3 is 24.3 Å². The first-order chi connectivity index (χ1) is 19.5. The van der Waals surface area contributed by atoms with E-state index >= 15 is 0 Å².